The second-order valence-electron chi connectivity index (χ2n) is 8.38. The van der Waals surface area contributed by atoms with Gasteiger partial charge in [0.05, 0.1) is 0 Å². The van der Waals surface area contributed by atoms with Crippen LogP contribution in [-0.2, 0) is 4.79 Å². The molecule has 4 rings (SSSR count). The summed E-state index contributed by atoms with van der Waals surface area (Å²) in [5, 5.41) is 4.61. The van der Waals surface area contributed by atoms with Gasteiger partial charge in [-0.2, -0.15) is 5.01 Å². The number of rotatable bonds is 2. The Balaban J connectivity index is 1.58. The summed E-state index contributed by atoms with van der Waals surface area (Å²) >= 11 is 0. The number of carbonyl (C=O) groups is 3. The maximum atomic E-state index is 12.9. The van der Waals surface area contributed by atoms with E-state index in [4.69, 9.17) is 0 Å². The first-order chi connectivity index (χ1) is 13.2. The molecule has 1 aliphatic heterocycles. The number of aryl methyl sites for hydroxylation is 3. The van der Waals surface area contributed by atoms with Crippen LogP contribution in [0.15, 0.2) is 12.1 Å². The van der Waals surface area contributed by atoms with E-state index in [1.165, 1.54) is 0 Å². The van der Waals surface area contributed by atoms with E-state index in [2.05, 4.69) is 28.7 Å². The third-order valence-corrected chi connectivity index (χ3v) is 6.39. The fourth-order valence-corrected chi connectivity index (χ4v) is 4.37. The molecule has 2 heterocycles. The Morgan fingerprint density at radius 3 is 2.50 bits per heavy atom. The number of H-pyrrole nitrogens is 1. The summed E-state index contributed by atoms with van der Waals surface area (Å²) in [7, 11) is 0. The number of aromatic nitrogens is 1. The van der Waals surface area contributed by atoms with E-state index in [0.717, 1.165) is 45.4 Å². The smallest absolute Gasteiger partial charge is 0.344 e. The highest BCUT2D eigenvalue weighted by Gasteiger charge is 2.53. The number of carbonyl (C=O) groups excluding carboxylic acids is 3. The van der Waals surface area contributed by atoms with E-state index in [1.54, 1.807) is 6.07 Å². The third kappa shape index (κ3) is 2.77. The molecule has 148 valence electrons. The number of benzene rings is 1. The lowest BCUT2D eigenvalue weighted by Crippen LogP contribution is -2.51. The van der Waals surface area contributed by atoms with Crippen molar-refractivity contribution in [3.05, 3.63) is 34.5 Å². The Hall–Kier alpha value is -2.83. The zero-order valence-electron chi connectivity index (χ0n) is 16.7. The standard InChI is InChI=1S/C21H26N4O3/c1-11-5-7-21(8-6-11)19(27)25(20(28)23-21)24-18(26)16-10-15-13(3)9-12(2)14(4)17(15)22-16/h9-11,22H,5-8H2,1-4H3,(H,23,28)(H,24,26). The lowest BCUT2D eigenvalue weighted by Gasteiger charge is -2.33. The van der Waals surface area contributed by atoms with E-state index in [1.807, 2.05) is 20.8 Å². The van der Waals surface area contributed by atoms with Crippen LogP contribution in [0.5, 0.6) is 0 Å². The van der Waals surface area contributed by atoms with Crippen LogP contribution < -0.4 is 10.7 Å². The minimum absolute atomic E-state index is 0.325. The number of hydrogen-bond acceptors (Lipinski definition) is 3. The van der Waals surface area contributed by atoms with Gasteiger partial charge in [-0.1, -0.05) is 13.0 Å². The summed E-state index contributed by atoms with van der Waals surface area (Å²) in [5.41, 5.74) is 6.13. The predicted octanol–water partition coefficient (Wildman–Crippen LogP) is 3.24. The van der Waals surface area contributed by atoms with E-state index in [-0.39, 0.29) is 5.91 Å². The molecule has 4 amide bonds. The van der Waals surface area contributed by atoms with Crippen LogP contribution in [0.4, 0.5) is 4.79 Å². The fraction of sp³-hybridized carbons (Fsp3) is 0.476. The van der Waals surface area contributed by atoms with Gasteiger partial charge in [-0.15, -0.1) is 0 Å². The molecule has 1 saturated heterocycles. The molecular weight excluding hydrogens is 356 g/mol. The van der Waals surface area contributed by atoms with Crippen molar-refractivity contribution in [2.75, 3.05) is 0 Å². The molecular formula is C21H26N4O3. The Morgan fingerprint density at radius 2 is 1.82 bits per heavy atom. The van der Waals surface area contributed by atoms with E-state index in [0.29, 0.717) is 24.5 Å². The molecule has 1 aromatic heterocycles. The number of fused-ring (bicyclic) bond motifs is 1. The van der Waals surface area contributed by atoms with Crippen molar-refractivity contribution in [2.24, 2.45) is 5.92 Å². The van der Waals surface area contributed by atoms with Gasteiger partial charge in [0.25, 0.3) is 11.8 Å². The van der Waals surface area contributed by atoms with Crippen molar-refractivity contribution in [3.8, 4) is 0 Å². The molecule has 2 fully saturated rings. The van der Waals surface area contributed by atoms with Gasteiger partial charge in [-0.05, 0) is 75.1 Å². The fourth-order valence-electron chi connectivity index (χ4n) is 4.37. The quantitative estimate of drug-likeness (QED) is 0.696. The van der Waals surface area contributed by atoms with Crippen LogP contribution >= 0.6 is 0 Å². The first-order valence-corrected chi connectivity index (χ1v) is 9.79. The van der Waals surface area contributed by atoms with Crippen molar-refractivity contribution >= 4 is 28.7 Å². The topological polar surface area (TPSA) is 94.3 Å². The number of hydrogen-bond donors (Lipinski definition) is 3. The number of nitrogens with one attached hydrogen (secondary N) is 3. The number of amides is 4. The van der Waals surface area contributed by atoms with E-state index >= 15 is 0 Å². The van der Waals surface area contributed by atoms with E-state index < -0.39 is 17.5 Å². The van der Waals surface area contributed by atoms with Crippen LogP contribution in [0.25, 0.3) is 10.9 Å². The Morgan fingerprint density at radius 1 is 1.14 bits per heavy atom. The first kappa shape index (κ1) is 18.5. The van der Waals surface area contributed by atoms with Crippen molar-refractivity contribution in [2.45, 2.75) is 58.9 Å². The van der Waals surface area contributed by atoms with Gasteiger partial charge in [-0.25, -0.2) is 4.79 Å². The Labute approximate surface area is 163 Å². The minimum atomic E-state index is -0.873. The molecule has 28 heavy (non-hydrogen) atoms. The Bertz CT molecular complexity index is 999. The zero-order chi connectivity index (χ0) is 20.2. The maximum Gasteiger partial charge on any atom is 0.344 e. The summed E-state index contributed by atoms with van der Waals surface area (Å²) in [6.45, 7) is 8.17. The lowest BCUT2D eigenvalue weighted by atomic mass is 9.77. The lowest BCUT2D eigenvalue weighted by molar-refractivity contribution is -0.134. The van der Waals surface area contributed by atoms with Gasteiger partial charge in [0, 0.05) is 10.9 Å². The molecule has 7 heteroatoms. The number of imide groups is 1. The summed E-state index contributed by atoms with van der Waals surface area (Å²) in [4.78, 5) is 41.2. The number of hydrazine groups is 1. The van der Waals surface area contributed by atoms with Crippen LogP contribution in [0.2, 0.25) is 0 Å². The molecule has 0 bridgehead atoms. The van der Waals surface area contributed by atoms with Crippen LogP contribution in [0, 0.1) is 26.7 Å². The average molecular weight is 382 g/mol. The third-order valence-electron chi connectivity index (χ3n) is 6.39. The van der Waals surface area contributed by atoms with Crippen LogP contribution in [0.1, 0.15) is 59.8 Å². The Kier molecular flexibility index (Phi) is 4.21. The highest BCUT2D eigenvalue weighted by Crippen LogP contribution is 2.36. The normalized spacial score (nSPS) is 24.9. The molecule has 1 saturated carbocycles. The molecule has 7 nitrogen and oxygen atoms in total. The SMILES string of the molecule is Cc1cc(C)c2cc(C(=O)NN3C(=O)NC4(CCC(C)CC4)C3=O)[nH]c2c1C. The highest BCUT2D eigenvalue weighted by atomic mass is 16.2. The molecule has 1 spiro atoms. The van der Waals surface area contributed by atoms with E-state index in [9.17, 15) is 14.4 Å². The summed E-state index contributed by atoms with van der Waals surface area (Å²) in [6, 6.07) is 3.29. The van der Waals surface area contributed by atoms with Crippen LogP contribution in [-0.4, -0.2) is 33.4 Å². The monoisotopic (exact) mass is 382 g/mol. The van der Waals surface area contributed by atoms with Crippen molar-refractivity contribution in [1.82, 2.24) is 20.7 Å². The zero-order valence-corrected chi connectivity index (χ0v) is 16.7. The molecule has 0 atom stereocenters. The summed E-state index contributed by atoms with van der Waals surface area (Å²) in [5.74, 6) is -0.324. The number of urea groups is 1. The summed E-state index contributed by atoms with van der Waals surface area (Å²) < 4.78 is 0. The van der Waals surface area contributed by atoms with Crippen LogP contribution in [0.3, 0.4) is 0 Å². The van der Waals surface area contributed by atoms with Gasteiger partial charge in [0.2, 0.25) is 0 Å². The molecule has 1 aliphatic carbocycles. The molecule has 0 radical (unpaired) electrons. The second-order valence-corrected chi connectivity index (χ2v) is 8.38. The number of aromatic amines is 1. The minimum Gasteiger partial charge on any atom is -0.350 e. The van der Waals surface area contributed by atoms with Gasteiger partial charge in [0.1, 0.15) is 11.2 Å². The first-order valence-electron chi connectivity index (χ1n) is 9.79. The van der Waals surface area contributed by atoms with Crippen molar-refractivity contribution in [3.63, 3.8) is 0 Å². The molecule has 3 N–H and O–H groups in total. The molecule has 0 unspecified atom stereocenters. The average Bonchev–Trinajstić information content (AvgIpc) is 3.19. The van der Waals surface area contributed by atoms with Gasteiger partial charge >= 0.3 is 6.03 Å². The van der Waals surface area contributed by atoms with Gasteiger partial charge in [-0.3, -0.25) is 15.0 Å². The molecule has 1 aromatic carbocycles. The second kappa shape index (κ2) is 6.36. The molecule has 2 aliphatic rings. The molecule has 2 aromatic rings. The highest BCUT2D eigenvalue weighted by molar-refractivity contribution is 6.09. The van der Waals surface area contributed by atoms with Crippen molar-refractivity contribution in [1.29, 1.82) is 0 Å². The van der Waals surface area contributed by atoms with Crippen molar-refractivity contribution < 1.29 is 14.4 Å². The summed E-state index contributed by atoms with van der Waals surface area (Å²) in [6.07, 6.45) is 2.98. The largest absolute Gasteiger partial charge is 0.350 e. The predicted molar refractivity (Wildman–Crippen MR) is 106 cm³/mol. The van der Waals surface area contributed by atoms with Gasteiger partial charge < -0.3 is 10.3 Å². The number of nitrogens with zero attached hydrogens (tertiary/aromatic N) is 1. The van der Waals surface area contributed by atoms with Gasteiger partial charge in [0.15, 0.2) is 0 Å². The maximum absolute atomic E-state index is 12.9.